The molecule has 0 saturated heterocycles. The summed E-state index contributed by atoms with van der Waals surface area (Å²) in [5.41, 5.74) is 8.40. The lowest BCUT2D eigenvalue weighted by Crippen LogP contribution is -2.42. The van der Waals surface area contributed by atoms with Crippen molar-refractivity contribution >= 4 is 35.2 Å². The largest absolute Gasteiger partial charge is 0.298 e. The fraction of sp³-hybridized carbons (Fsp3) is 0.120. The van der Waals surface area contributed by atoms with Gasteiger partial charge in [-0.15, -0.1) is 10.2 Å². The highest BCUT2D eigenvalue weighted by Gasteiger charge is 2.17. The molecule has 0 atom stereocenters. The Morgan fingerprint density at radius 2 is 1.71 bits per heavy atom. The lowest BCUT2D eigenvalue weighted by Gasteiger charge is -2.11. The smallest absolute Gasteiger partial charge is 0.269 e. The van der Waals surface area contributed by atoms with Gasteiger partial charge in [-0.25, -0.2) is 0 Å². The number of nitrogens with one attached hydrogen (secondary N) is 2. The first-order valence-electron chi connectivity index (χ1n) is 10.5. The van der Waals surface area contributed by atoms with E-state index in [1.165, 1.54) is 11.8 Å². The summed E-state index contributed by atoms with van der Waals surface area (Å²) >= 11 is 7.09. The van der Waals surface area contributed by atoms with E-state index < -0.39 is 5.91 Å². The predicted octanol–water partition coefficient (Wildman–Crippen LogP) is 4.51. The topological polar surface area (TPSA) is 88.9 Å². The van der Waals surface area contributed by atoms with Crippen molar-refractivity contribution in [3.8, 4) is 11.4 Å². The normalized spacial score (nSPS) is 10.6. The molecule has 0 radical (unpaired) electrons. The molecule has 0 fully saturated rings. The molecular weight excluding hydrogens is 470 g/mol. The van der Waals surface area contributed by atoms with Crippen LogP contribution >= 0.6 is 23.4 Å². The molecule has 2 N–H and O–H groups in total. The standard InChI is InChI=1S/C25H22ClN5O2S/c1-17-6-5-9-20(14-17)23-28-30-25(31(23)15-18-7-3-2-4-8-18)34-16-22(32)27-29-24(33)19-10-12-21(26)13-11-19/h2-14H,15-16H2,1H3,(H,27,32)(H,29,33). The van der Waals surface area contributed by atoms with E-state index in [2.05, 4.69) is 27.1 Å². The number of hydrazine groups is 1. The van der Waals surface area contributed by atoms with Gasteiger partial charge in [-0.1, -0.05) is 77.5 Å². The number of aryl methyl sites for hydroxylation is 1. The summed E-state index contributed by atoms with van der Waals surface area (Å²) in [5, 5.41) is 9.88. The van der Waals surface area contributed by atoms with Crippen LogP contribution in [0.3, 0.4) is 0 Å². The van der Waals surface area contributed by atoms with Crippen molar-refractivity contribution in [2.45, 2.75) is 18.6 Å². The van der Waals surface area contributed by atoms with Crippen molar-refractivity contribution < 1.29 is 9.59 Å². The van der Waals surface area contributed by atoms with Gasteiger partial charge in [-0.3, -0.25) is 25.0 Å². The first kappa shape index (κ1) is 23.5. The van der Waals surface area contributed by atoms with Gasteiger partial charge in [0.25, 0.3) is 5.91 Å². The number of rotatable bonds is 7. The number of amides is 2. The molecule has 7 nitrogen and oxygen atoms in total. The van der Waals surface area contributed by atoms with Gasteiger partial charge in [0.05, 0.1) is 12.3 Å². The number of halogens is 1. The number of carbonyl (C=O) groups excluding carboxylic acids is 2. The Labute approximate surface area is 206 Å². The van der Waals surface area contributed by atoms with Crippen LogP contribution in [0.2, 0.25) is 5.02 Å². The lowest BCUT2D eigenvalue weighted by molar-refractivity contribution is -0.119. The van der Waals surface area contributed by atoms with Crippen LogP contribution in [0, 0.1) is 6.92 Å². The van der Waals surface area contributed by atoms with E-state index in [1.807, 2.05) is 60.0 Å². The summed E-state index contributed by atoms with van der Waals surface area (Å²) in [4.78, 5) is 24.5. The zero-order valence-electron chi connectivity index (χ0n) is 18.4. The number of hydrogen-bond acceptors (Lipinski definition) is 5. The lowest BCUT2D eigenvalue weighted by atomic mass is 10.1. The zero-order valence-corrected chi connectivity index (χ0v) is 19.9. The number of benzene rings is 3. The van der Waals surface area contributed by atoms with Crippen molar-refractivity contribution in [3.05, 3.63) is 101 Å². The third-order valence-electron chi connectivity index (χ3n) is 4.93. The van der Waals surface area contributed by atoms with Crippen LogP contribution < -0.4 is 10.9 Å². The molecule has 34 heavy (non-hydrogen) atoms. The van der Waals surface area contributed by atoms with Crippen LogP contribution in [-0.2, 0) is 11.3 Å². The Morgan fingerprint density at radius 1 is 0.941 bits per heavy atom. The van der Waals surface area contributed by atoms with Gasteiger partial charge in [-0.2, -0.15) is 0 Å². The van der Waals surface area contributed by atoms with Crippen molar-refractivity contribution in [1.82, 2.24) is 25.6 Å². The monoisotopic (exact) mass is 491 g/mol. The molecule has 172 valence electrons. The highest BCUT2D eigenvalue weighted by atomic mass is 35.5. The average molecular weight is 492 g/mol. The summed E-state index contributed by atoms with van der Waals surface area (Å²) < 4.78 is 1.99. The van der Waals surface area contributed by atoms with E-state index in [0.29, 0.717) is 22.3 Å². The van der Waals surface area contributed by atoms with Gasteiger partial charge < -0.3 is 0 Å². The molecule has 0 saturated carbocycles. The second-order valence-electron chi connectivity index (χ2n) is 7.55. The zero-order chi connectivity index (χ0) is 23.9. The van der Waals surface area contributed by atoms with Crippen molar-refractivity contribution in [1.29, 1.82) is 0 Å². The fourth-order valence-corrected chi connectivity index (χ4v) is 4.13. The molecule has 0 aliphatic heterocycles. The van der Waals surface area contributed by atoms with Crippen LogP contribution in [-0.4, -0.2) is 32.3 Å². The molecular formula is C25H22ClN5O2S. The quantitative estimate of drug-likeness (QED) is 0.293. The Morgan fingerprint density at radius 3 is 2.44 bits per heavy atom. The third kappa shape index (κ3) is 6.03. The molecule has 0 aliphatic rings. The third-order valence-corrected chi connectivity index (χ3v) is 6.15. The maximum Gasteiger partial charge on any atom is 0.269 e. The van der Waals surface area contributed by atoms with E-state index >= 15 is 0 Å². The molecule has 1 aromatic heterocycles. The summed E-state index contributed by atoms with van der Waals surface area (Å²) in [5.74, 6) is -0.00377. The average Bonchev–Trinajstić information content (AvgIpc) is 3.24. The maximum absolute atomic E-state index is 12.4. The van der Waals surface area contributed by atoms with Crippen molar-refractivity contribution in [2.24, 2.45) is 0 Å². The molecule has 0 bridgehead atoms. The second kappa shape index (κ2) is 11.0. The van der Waals surface area contributed by atoms with Crippen molar-refractivity contribution in [3.63, 3.8) is 0 Å². The Bertz CT molecular complexity index is 1290. The molecule has 0 aliphatic carbocycles. The van der Waals surface area contributed by atoms with E-state index in [1.54, 1.807) is 24.3 Å². The van der Waals surface area contributed by atoms with E-state index in [0.717, 1.165) is 22.5 Å². The second-order valence-corrected chi connectivity index (χ2v) is 8.92. The number of hydrogen-bond donors (Lipinski definition) is 2. The van der Waals surface area contributed by atoms with E-state index in [4.69, 9.17) is 11.6 Å². The fourth-order valence-electron chi connectivity index (χ4n) is 3.27. The van der Waals surface area contributed by atoms with Gasteiger partial charge in [0.15, 0.2) is 11.0 Å². The van der Waals surface area contributed by atoms with Gasteiger partial charge in [-0.05, 0) is 42.8 Å². The number of thioether (sulfide) groups is 1. The SMILES string of the molecule is Cc1cccc(-c2nnc(SCC(=O)NNC(=O)c3ccc(Cl)cc3)n2Cc2ccccc2)c1. The molecule has 0 unspecified atom stereocenters. The van der Waals surface area contributed by atoms with Crippen LogP contribution in [0.15, 0.2) is 84.0 Å². The molecule has 0 spiro atoms. The predicted molar refractivity (Wildman–Crippen MR) is 134 cm³/mol. The van der Waals surface area contributed by atoms with Crippen molar-refractivity contribution in [2.75, 3.05) is 5.75 Å². The molecule has 4 aromatic rings. The molecule has 3 aromatic carbocycles. The van der Waals surface area contributed by atoms with E-state index in [9.17, 15) is 9.59 Å². The van der Waals surface area contributed by atoms with Gasteiger partial charge in [0.1, 0.15) is 0 Å². The molecule has 1 heterocycles. The number of aromatic nitrogens is 3. The molecule has 9 heteroatoms. The summed E-state index contributed by atoms with van der Waals surface area (Å²) in [6, 6.07) is 24.4. The minimum Gasteiger partial charge on any atom is -0.298 e. The van der Waals surface area contributed by atoms with Crippen LogP contribution in [0.5, 0.6) is 0 Å². The minimum atomic E-state index is -0.427. The van der Waals surface area contributed by atoms with Gasteiger partial charge >= 0.3 is 0 Å². The Balaban J connectivity index is 1.45. The maximum atomic E-state index is 12.4. The van der Waals surface area contributed by atoms with Crippen LogP contribution in [0.25, 0.3) is 11.4 Å². The minimum absolute atomic E-state index is 0.0572. The number of nitrogens with zero attached hydrogens (tertiary/aromatic N) is 3. The highest BCUT2D eigenvalue weighted by molar-refractivity contribution is 7.99. The van der Waals surface area contributed by atoms with Crippen LogP contribution in [0.1, 0.15) is 21.5 Å². The van der Waals surface area contributed by atoms with Crippen LogP contribution in [0.4, 0.5) is 0 Å². The summed E-state index contributed by atoms with van der Waals surface area (Å²) in [7, 11) is 0. The number of carbonyl (C=O) groups is 2. The van der Waals surface area contributed by atoms with Gasteiger partial charge in [0, 0.05) is 16.1 Å². The summed E-state index contributed by atoms with van der Waals surface area (Å²) in [6.45, 7) is 2.59. The summed E-state index contributed by atoms with van der Waals surface area (Å²) in [6.07, 6.45) is 0. The van der Waals surface area contributed by atoms with Gasteiger partial charge in [0.2, 0.25) is 5.91 Å². The Hall–Kier alpha value is -3.62. The van der Waals surface area contributed by atoms with E-state index in [-0.39, 0.29) is 11.7 Å². The highest BCUT2D eigenvalue weighted by Crippen LogP contribution is 2.25. The Kier molecular flexibility index (Phi) is 7.61. The first-order chi connectivity index (χ1) is 16.5. The molecule has 4 rings (SSSR count). The molecule has 2 amide bonds. The first-order valence-corrected chi connectivity index (χ1v) is 11.9.